The van der Waals surface area contributed by atoms with Gasteiger partial charge in [0.1, 0.15) is 0 Å². The summed E-state index contributed by atoms with van der Waals surface area (Å²) in [5.41, 5.74) is 1.72. The van der Waals surface area contributed by atoms with E-state index in [1.165, 1.54) is 0 Å². The number of hydrogen-bond acceptors (Lipinski definition) is 5. The van der Waals surface area contributed by atoms with Crippen LogP contribution in [-0.4, -0.2) is 75.1 Å². The van der Waals surface area contributed by atoms with E-state index >= 15 is 0 Å². The second-order valence-corrected chi connectivity index (χ2v) is 6.17. The smallest absolute Gasteiger partial charge is 0.320 e. The largest absolute Gasteiger partial charge is 0.465 e. The molecule has 1 aromatic rings. The first-order chi connectivity index (χ1) is 11.5. The van der Waals surface area contributed by atoms with E-state index in [0.29, 0.717) is 38.3 Å². The van der Waals surface area contributed by atoms with Crippen molar-refractivity contribution in [2.45, 2.75) is 13.3 Å². The summed E-state index contributed by atoms with van der Waals surface area (Å²) in [6.07, 6.45) is 0.860. The van der Waals surface area contributed by atoms with Gasteiger partial charge in [-0.3, -0.25) is 14.5 Å². The van der Waals surface area contributed by atoms with Crippen LogP contribution in [0.1, 0.15) is 23.7 Å². The highest BCUT2D eigenvalue weighted by Crippen LogP contribution is 2.16. The Morgan fingerprint density at radius 2 is 1.96 bits per heavy atom. The van der Waals surface area contributed by atoms with Crippen molar-refractivity contribution in [1.82, 2.24) is 9.80 Å². The Kier molecular flexibility index (Phi) is 6.61. The van der Waals surface area contributed by atoms with Crippen molar-refractivity contribution in [2.24, 2.45) is 0 Å². The number of esters is 1. The van der Waals surface area contributed by atoms with E-state index in [4.69, 9.17) is 4.74 Å². The van der Waals surface area contributed by atoms with E-state index in [1.807, 2.05) is 55.1 Å². The van der Waals surface area contributed by atoms with E-state index in [1.54, 1.807) is 0 Å². The first-order valence-corrected chi connectivity index (χ1v) is 8.46. The van der Waals surface area contributed by atoms with Gasteiger partial charge in [-0.25, -0.2) is 0 Å². The lowest BCUT2D eigenvalue weighted by atomic mass is 10.1. The van der Waals surface area contributed by atoms with Crippen LogP contribution in [0.2, 0.25) is 0 Å². The highest BCUT2D eigenvalue weighted by atomic mass is 16.5. The van der Waals surface area contributed by atoms with Crippen LogP contribution in [0, 0.1) is 0 Å². The topological polar surface area (TPSA) is 53.1 Å². The van der Waals surface area contributed by atoms with Crippen LogP contribution in [0.25, 0.3) is 0 Å². The van der Waals surface area contributed by atoms with Crippen molar-refractivity contribution in [3.63, 3.8) is 0 Å². The van der Waals surface area contributed by atoms with E-state index in [-0.39, 0.29) is 11.9 Å². The molecule has 0 unspecified atom stereocenters. The van der Waals surface area contributed by atoms with Crippen molar-refractivity contribution in [3.8, 4) is 0 Å². The molecule has 0 bridgehead atoms. The maximum atomic E-state index is 12.8. The third kappa shape index (κ3) is 4.96. The van der Waals surface area contributed by atoms with Crippen LogP contribution < -0.4 is 4.90 Å². The number of anilines is 1. The van der Waals surface area contributed by atoms with E-state index in [0.717, 1.165) is 18.7 Å². The molecule has 1 aliphatic heterocycles. The fraction of sp³-hybridized carbons (Fsp3) is 0.556. The third-order valence-corrected chi connectivity index (χ3v) is 4.14. The SMILES string of the molecule is CCOC(=O)CN1CCCN(C(=O)c2cccc(N(C)C)c2)CC1. The minimum atomic E-state index is -0.198. The predicted octanol–water partition coefficient (Wildman–Crippen LogP) is 1.46. The number of hydrogen-bond donors (Lipinski definition) is 0. The lowest BCUT2D eigenvalue weighted by molar-refractivity contribution is -0.144. The lowest BCUT2D eigenvalue weighted by Gasteiger charge is -2.22. The zero-order chi connectivity index (χ0) is 17.5. The lowest BCUT2D eigenvalue weighted by Crippen LogP contribution is -2.37. The van der Waals surface area contributed by atoms with Crippen molar-refractivity contribution >= 4 is 17.6 Å². The van der Waals surface area contributed by atoms with Gasteiger partial charge in [0, 0.05) is 51.5 Å². The van der Waals surface area contributed by atoms with Crippen molar-refractivity contribution in [1.29, 1.82) is 0 Å². The molecule has 1 fully saturated rings. The van der Waals surface area contributed by atoms with Crippen LogP contribution in [0.3, 0.4) is 0 Å². The highest BCUT2D eigenvalue weighted by Gasteiger charge is 2.22. The minimum Gasteiger partial charge on any atom is -0.465 e. The average molecular weight is 333 g/mol. The number of nitrogens with zero attached hydrogens (tertiary/aromatic N) is 3. The second-order valence-electron chi connectivity index (χ2n) is 6.17. The summed E-state index contributed by atoms with van der Waals surface area (Å²) in [6.45, 7) is 5.35. The molecule has 24 heavy (non-hydrogen) atoms. The zero-order valence-corrected chi connectivity index (χ0v) is 14.8. The van der Waals surface area contributed by atoms with Crippen molar-refractivity contribution in [3.05, 3.63) is 29.8 Å². The molecule has 0 aliphatic carbocycles. The fourth-order valence-electron chi connectivity index (χ4n) is 2.82. The molecule has 6 nitrogen and oxygen atoms in total. The molecular weight excluding hydrogens is 306 g/mol. The Bertz CT molecular complexity index is 574. The number of amides is 1. The van der Waals surface area contributed by atoms with Gasteiger partial charge < -0.3 is 14.5 Å². The maximum Gasteiger partial charge on any atom is 0.320 e. The van der Waals surface area contributed by atoms with Crippen molar-refractivity contribution < 1.29 is 14.3 Å². The summed E-state index contributed by atoms with van der Waals surface area (Å²) in [4.78, 5) is 30.3. The number of benzene rings is 1. The van der Waals surface area contributed by atoms with Gasteiger partial charge in [-0.2, -0.15) is 0 Å². The Morgan fingerprint density at radius 3 is 2.67 bits per heavy atom. The van der Waals surface area contributed by atoms with E-state index in [2.05, 4.69) is 4.90 Å². The summed E-state index contributed by atoms with van der Waals surface area (Å²) in [5, 5.41) is 0. The molecule has 0 spiro atoms. The normalized spacial score (nSPS) is 15.7. The predicted molar refractivity (Wildman–Crippen MR) is 94.4 cm³/mol. The number of ether oxygens (including phenoxy) is 1. The van der Waals surface area contributed by atoms with Gasteiger partial charge in [0.05, 0.1) is 13.2 Å². The quantitative estimate of drug-likeness (QED) is 0.764. The molecule has 6 heteroatoms. The Morgan fingerprint density at radius 1 is 1.17 bits per heavy atom. The molecular formula is C18H27N3O3. The second kappa shape index (κ2) is 8.68. The molecule has 1 aliphatic rings. The maximum absolute atomic E-state index is 12.8. The van der Waals surface area contributed by atoms with Crippen LogP contribution in [-0.2, 0) is 9.53 Å². The highest BCUT2D eigenvalue weighted by molar-refractivity contribution is 5.95. The molecule has 2 rings (SSSR count). The minimum absolute atomic E-state index is 0.0525. The summed E-state index contributed by atoms with van der Waals surface area (Å²) in [6, 6.07) is 7.67. The van der Waals surface area contributed by atoms with Gasteiger partial charge in [-0.05, 0) is 31.5 Å². The molecule has 1 heterocycles. The number of rotatable bonds is 5. The summed E-state index contributed by atoms with van der Waals surface area (Å²) in [7, 11) is 3.92. The first kappa shape index (κ1) is 18.3. The molecule has 0 aromatic heterocycles. The number of carbonyl (C=O) groups excluding carboxylic acids is 2. The molecule has 132 valence electrons. The van der Waals surface area contributed by atoms with Gasteiger partial charge in [0.15, 0.2) is 0 Å². The van der Waals surface area contributed by atoms with E-state index in [9.17, 15) is 9.59 Å². The average Bonchev–Trinajstić information content (AvgIpc) is 2.80. The Labute approximate surface area is 144 Å². The Hall–Kier alpha value is -2.08. The zero-order valence-electron chi connectivity index (χ0n) is 14.8. The van der Waals surface area contributed by atoms with Crippen LogP contribution >= 0.6 is 0 Å². The van der Waals surface area contributed by atoms with Gasteiger partial charge in [0.2, 0.25) is 0 Å². The molecule has 0 N–H and O–H groups in total. The molecule has 1 amide bonds. The monoisotopic (exact) mass is 333 g/mol. The van der Waals surface area contributed by atoms with E-state index < -0.39 is 0 Å². The first-order valence-electron chi connectivity index (χ1n) is 8.46. The van der Waals surface area contributed by atoms with Gasteiger partial charge >= 0.3 is 5.97 Å². The van der Waals surface area contributed by atoms with Gasteiger partial charge in [-0.1, -0.05) is 6.07 Å². The molecule has 1 saturated heterocycles. The number of carbonyl (C=O) groups is 2. The van der Waals surface area contributed by atoms with Crippen LogP contribution in [0.5, 0.6) is 0 Å². The summed E-state index contributed by atoms with van der Waals surface area (Å²) < 4.78 is 5.00. The summed E-state index contributed by atoms with van der Waals surface area (Å²) >= 11 is 0. The van der Waals surface area contributed by atoms with Crippen molar-refractivity contribution in [2.75, 3.05) is 58.3 Å². The molecule has 1 aromatic carbocycles. The standard InChI is InChI=1S/C18H27N3O3/c1-4-24-17(22)14-20-9-6-10-21(12-11-20)18(23)15-7-5-8-16(13-15)19(2)3/h5,7-8,13H,4,6,9-12,14H2,1-3H3. The van der Waals surface area contributed by atoms with Gasteiger partial charge in [-0.15, -0.1) is 0 Å². The Balaban J connectivity index is 1.96. The molecule has 0 atom stereocenters. The van der Waals surface area contributed by atoms with Gasteiger partial charge in [0.25, 0.3) is 5.91 Å². The summed E-state index contributed by atoms with van der Waals surface area (Å²) in [5.74, 6) is -0.146. The van der Waals surface area contributed by atoms with Crippen LogP contribution in [0.15, 0.2) is 24.3 Å². The molecule has 0 radical (unpaired) electrons. The fourth-order valence-corrected chi connectivity index (χ4v) is 2.82. The third-order valence-electron chi connectivity index (χ3n) is 4.14. The van der Waals surface area contributed by atoms with Crippen LogP contribution in [0.4, 0.5) is 5.69 Å². The molecule has 0 saturated carbocycles.